The Morgan fingerprint density at radius 3 is 3.07 bits per heavy atom. The van der Waals surface area contributed by atoms with Crippen LogP contribution in [0, 0.1) is 6.92 Å². The van der Waals surface area contributed by atoms with E-state index in [0.717, 1.165) is 9.90 Å². The van der Waals surface area contributed by atoms with Gasteiger partial charge in [-0.25, -0.2) is 4.98 Å². The van der Waals surface area contributed by atoms with Crippen molar-refractivity contribution in [2.24, 2.45) is 0 Å². The summed E-state index contributed by atoms with van der Waals surface area (Å²) in [7, 11) is 0. The van der Waals surface area contributed by atoms with Gasteiger partial charge in [-0.05, 0) is 6.92 Å². The van der Waals surface area contributed by atoms with E-state index in [1.54, 1.807) is 11.8 Å². The monoisotopic (exact) mass is 228 g/mol. The van der Waals surface area contributed by atoms with Gasteiger partial charge in [0.15, 0.2) is 11.0 Å². The van der Waals surface area contributed by atoms with Crippen molar-refractivity contribution in [3.63, 3.8) is 0 Å². The van der Waals surface area contributed by atoms with Crippen molar-refractivity contribution in [1.29, 1.82) is 0 Å². The molecule has 2 aromatic rings. The molecule has 2 N–H and O–H groups in total. The van der Waals surface area contributed by atoms with Crippen LogP contribution >= 0.6 is 23.1 Å². The maximum Gasteiger partial charge on any atom is 0.213 e. The molecule has 0 aliphatic carbocycles. The maximum absolute atomic E-state index is 5.57. The average molecular weight is 228 g/mol. The molecule has 74 valence electrons. The predicted octanol–water partition coefficient (Wildman–Crippen LogP) is 1.71. The van der Waals surface area contributed by atoms with Crippen molar-refractivity contribution in [2.45, 2.75) is 16.9 Å². The highest BCUT2D eigenvalue weighted by molar-refractivity contribution is 8.00. The number of hydrogen-bond donors (Lipinski definition) is 1. The Balaban J connectivity index is 2.01. The molecule has 0 radical (unpaired) electrons. The first-order chi connectivity index (χ1) is 6.75. The number of anilines is 1. The Morgan fingerprint density at radius 2 is 2.50 bits per heavy atom. The van der Waals surface area contributed by atoms with Crippen LogP contribution in [0.2, 0.25) is 0 Å². The van der Waals surface area contributed by atoms with Gasteiger partial charge < -0.3 is 10.3 Å². The summed E-state index contributed by atoms with van der Waals surface area (Å²) in [6, 6.07) is 0. The van der Waals surface area contributed by atoms with Crippen LogP contribution in [0.25, 0.3) is 0 Å². The average Bonchev–Trinajstić information content (AvgIpc) is 2.72. The van der Waals surface area contributed by atoms with E-state index in [4.69, 9.17) is 5.73 Å². The van der Waals surface area contributed by atoms with Crippen molar-refractivity contribution in [3.8, 4) is 0 Å². The number of rotatable bonds is 3. The second-order valence-electron chi connectivity index (χ2n) is 2.56. The molecule has 2 rings (SSSR count). The lowest BCUT2D eigenvalue weighted by molar-refractivity contribution is 0.412. The van der Waals surface area contributed by atoms with Crippen molar-refractivity contribution in [3.05, 3.63) is 17.9 Å². The van der Waals surface area contributed by atoms with E-state index in [2.05, 4.69) is 19.6 Å². The lowest BCUT2D eigenvalue weighted by Crippen LogP contribution is -1.83. The summed E-state index contributed by atoms with van der Waals surface area (Å²) in [6.45, 7) is 1.94. The molecule has 0 atom stereocenters. The summed E-state index contributed by atoms with van der Waals surface area (Å²) in [5.41, 5.74) is 6.53. The van der Waals surface area contributed by atoms with Gasteiger partial charge >= 0.3 is 0 Å². The number of thiazole rings is 1. The summed E-state index contributed by atoms with van der Waals surface area (Å²) >= 11 is 3.10. The summed E-state index contributed by atoms with van der Waals surface area (Å²) in [5.74, 6) is 1.36. The minimum absolute atomic E-state index is 0.595. The van der Waals surface area contributed by atoms with E-state index in [1.807, 2.05) is 6.92 Å². The van der Waals surface area contributed by atoms with Gasteiger partial charge in [-0.3, -0.25) is 0 Å². The third-order valence-corrected chi connectivity index (χ3v) is 3.85. The first-order valence-corrected chi connectivity index (χ1v) is 5.67. The highest BCUT2D eigenvalue weighted by Gasteiger charge is 2.07. The predicted molar refractivity (Wildman–Crippen MR) is 55.1 cm³/mol. The fraction of sp³-hybridized carbons (Fsp3) is 0.286. The molecule has 0 saturated heterocycles. The van der Waals surface area contributed by atoms with E-state index in [1.165, 1.54) is 17.7 Å². The van der Waals surface area contributed by atoms with Crippen LogP contribution in [-0.2, 0) is 5.75 Å². The zero-order valence-corrected chi connectivity index (χ0v) is 9.06. The fourth-order valence-electron chi connectivity index (χ4n) is 0.923. The second kappa shape index (κ2) is 3.97. The zero-order chi connectivity index (χ0) is 9.97. The second-order valence-corrected chi connectivity index (χ2v) is 4.84. The van der Waals surface area contributed by atoms with Gasteiger partial charge in [0.05, 0.1) is 15.7 Å². The zero-order valence-electron chi connectivity index (χ0n) is 7.43. The molecule has 0 aliphatic rings. The third kappa shape index (κ3) is 2.05. The molecule has 0 spiro atoms. The molecular formula is C7H8N4OS2. The van der Waals surface area contributed by atoms with Crippen LogP contribution in [0.5, 0.6) is 0 Å². The highest BCUT2D eigenvalue weighted by Crippen LogP contribution is 2.31. The van der Waals surface area contributed by atoms with Crippen molar-refractivity contribution < 1.29 is 4.52 Å². The van der Waals surface area contributed by atoms with Crippen LogP contribution in [0.15, 0.2) is 15.1 Å². The number of aromatic nitrogens is 3. The minimum atomic E-state index is 0.595. The molecule has 0 aliphatic heterocycles. The largest absolute Gasteiger partial charge is 0.375 e. The van der Waals surface area contributed by atoms with E-state index in [-0.39, 0.29) is 0 Å². The lowest BCUT2D eigenvalue weighted by Gasteiger charge is -1.93. The van der Waals surface area contributed by atoms with Gasteiger partial charge in [-0.15, -0.1) is 11.8 Å². The molecule has 14 heavy (non-hydrogen) atoms. The number of nitrogen functional groups attached to an aromatic ring is 1. The van der Waals surface area contributed by atoms with E-state index >= 15 is 0 Å². The third-order valence-electron chi connectivity index (χ3n) is 1.51. The van der Waals surface area contributed by atoms with Gasteiger partial charge in [-0.1, -0.05) is 16.5 Å². The van der Waals surface area contributed by atoms with Crippen LogP contribution in [0.4, 0.5) is 5.13 Å². The number of nitrogens with zero attached hydrogens (tertiary/aromatic N) is 3. The molecule has 7 heteroatoms. The lowest BCUT2D eigenvalue weighted by atomic mass is 10.6. The van der Waals surface area contributed by atoms with Gasteiger partial charge in [0.1, 0.15) is 0 Å². The molecule has 2 aromatic heterocycles. The van der Waals surface area contributed by atoms with Gasteiger partial charge in [0.2, 0.25) is 6.39 Å². The van der Waals surface area contributed by atoms with E-state index < -0.39 is 0 Å². The first kappa shape index (κ1) is 9.47. The maximum atomic E-state index is 5.57. The summed E-state index contributed by atoms with van der Waals surface area (Å²) in [5, 5.41) is 4.31. The number of hydrogen-bond acceptors (Lipinski definition) is 7. The topological polar surface area (TPSA) is 77.8 Å². The fourth-order valence-corrected chi connectivity index (χ4v) is 2.80. The molecule has 0 fully saturated rings. The Labute approximate surface area is 88.7 Å². The Bertz CT molecular complexity index is 411. The number of aryl methyl sites for hydroxylation is 1. The van der Waals surface area contributed by atoms with E-state index in [0.29, 0.717) is 16.7 Å². The van der Waals surface area contributed by atoms with Crippen molar-refractivity contribution in [1.82, 2.24) is 15.1 Å². The molecule has 0 amide bonds. The summed E-state index contributed by atoms with van der Waals surface area (Å²) < 4.78 is 5.73. The molecule has 5 nitrogen and oxygen atoms in total. The van der Waals surface area contributed by atoms with Gasteiger partial charge in [0.25, 0.3) is 0 Å². The highest BCUT2D eigenvalue weighted by atomic mass is 32.2. The van der Waals surface area contributed by atoms with Gasteiger partial charge in [-0.2, -0.15) is 4.98 Å². The normalized spacial score (nSPS) is 10.6. The minimum Gasteiger partial charge on any atom is -0.375 e. The molecule has 0 aromatic carbocycles. The van der Waals surface area contributed by atoms with Gasteiger partial charge in [0, 0.05) is 0 Å². The Hall–Kier alpha value is -1.08. The van der Waals surface area contributed by atoms with Crippen LogP contribution in [0.3, 0.4) is 0 Å². The Morgan fingerprint density at radius 1 is 1.64 bits per heavy atom. The molecule has 0 unspecified atom stereocenters. The Kier molecular flexibility index (Phi) is 2.69. The summed E-state index contributed by atoms with van der Waals surface area (Å²) in [4.78, 5) is 8.04. The molecule has 0 bridgehead atoms. The van der Waals surface area contributed by atoms with Crippen LogP contribution in [-0.4, -0.2) is 15.1 Å². The molecule has 2 heterocycles. The van der Waals surface area contributed by atoms with Crippen LogP contribution < -0.4 is 5.73 Å². The molecular weight excluding hydrogens is 220 g/mol. The SMILES string of the molecule is Cc1nc(N)sc1SCc1ncon1. The number of thioether (sulfide) groups is 1. The quantitative estimate of drug-likeness (QED) is 0.806. The first-order valence-electron chi connectivity index (χ1n) is 3.86. The van der Waals surface area contributed by atoms with Crippen molar-refractivity contribution in [2.75, 3.05) is 5.73 Å². The number of nitrogens with two attached hydrogens (primary N) is 1. The molecule has 0 saturated carbocycles. The van der Waals surface area contributed by atoms with E-state index in [9.17, 15) is 0 Å². The van der Waals surface area contributed by atoms with Crippen LogP contribution in [0.1, 0.15) is 11.5 Å². The summed E-state index contributed by atoms with van der Waals surface area (Å²) in [6.07, 6.45) is 1.32. The standard InChI is InChI=1S/C7H8N4OS2/c1-4-6(14-7(8)10-4)13-2-5-9-3-12-11-5/h3H,2H2,1H3,(H2,8,10). The van der Waals surface area contributed by atoms with Crippen molar-refractivity contribution >= 4 is 28.2 Å². The smallest absolute Gasteiger partial charge is 0.213 e.